The third-order valence-corrected chi connectivity index (χ3v) is 4.14. The molecule has 0 aromatic carbocycles. The molecule has 1 N–H and O–H groups in total. The van der Waals surface area contributed by atoms with E-state index in [0.29, 0.717) is 18.4 Å². The Morgan fingerprint density at radius 2 is 2.11 bits per heavy atom. The first-order valence-corrected chi connectivity index (χ1v) is 7.38. The van der Waals surface area contributed by atoms with E-state index in [9.17, 15) is 4.79 Å². The van der Waals surface area contributed by atoms with Crippen LogP contribution in [0.25, 0.3) is 0 Å². The third-order valence-electron chi connectivity index (χ3n) is 4.14. The molecule has 2 fully saturated rings. The molecule has 1 amide bonds. The molecule has 0 bridgehead atoms. The van der Waals surface area contributed by atoms with E-state index in [0.717, 1.165) is 45.6 Å². The highest BCUT2D eigenvalue weighted by Gasteiger charge is 2.27. The molecule has 1 atom stereocenters. The lowest BCUT2D eigenvalue weighted by Gasteiger charge is -2.32. The molecule has 1 unspecified atom stereocenters. The first kappa shape index (κ1) is 13.8. The van der Waals surface area contributed by atoms with Crippen LogP contribution in [0.15, 0.2) is 0 Å². The van der Waals surface area contributed by atoms with Crippen LogP contribution in [0, 0.1) is 11.8 Å². The van der Waals surface area contributed by atoms with Crippen molar-refractivity contribution in [1.29, 1.82) is 0 Å². The fraction of sp³-hybridized carbons (Fsp3) is 0.929. The van der Waals surface area contributed by atoms with Crippen molar-refractivity contribution >= 4 is 5.91 Å². The van der Waals surface area contributed by atoms with Crippen LogP contribution < -0.4 is 5.32 Å². The van der Waals surface area contributed by atoms with Gasteiger partial charge < -0.3 is 15.0 Å². The zero-order chi connectivity index (χ0) is 12.8. The zero-order valence-electron chi connectivity index (χ0n) is 11.5. The van der Waals surface area contributed by atoms with Gasteiger partial charge in [0.05, 0.1) is 12.5 Å². The van der Waals surface area contributed by atoms with Crippen LogP contribution in [0.4, 0.5) is 0 Å². The molecule has 2 aliphatic heterocycles. The molecule has 4 nitrogen and oxygen atoms in total. The zero-order valence-corrected chi connectivity index (χ0v) is 11.5. The Morgan fingerprint density at radius 1 is 1.33 bits per heavy atom. The number of amides is 1. The second-order valence-electron chi connectivity index (χ2n) is 5.48. The van der Waals surface area contributed by atoms with Gasteiger partial charge in [0.1, 0.15) is 0 Å². The van der Waals surface area contributed by atoms with E-state index < -0.39 is 0 Å². The lowest BCUT2D eigenvalue weighted by molar-refractivity contribution is -0.140. The first-order valence-electron chi connectivity index (χ1n) is 7.38. The van der Waals surface area contributed by atoms with Gasteiger partial charge in [0.2, 0.25) is 5.91 Å². The molecule has 0 aromatic heterocycles. The van der Waals surface area contributed by atoms with Crippen LogP contribution in [0.1, 0.15) is 32.6 Å². The SMILES string of the molecule is CCN(CC1CCNCC1)C(=O)C1CCCOC1. The molecule has 4 heteroatoms. The number of piperidine rings is 1. The normalized spacial score (nSPS) is 25.9. The molecule has 2 rings (SSSR count). The molecule has 0 spiro atoms. The van der Waals surface area contributed by atoms with Gasteiger partial charge in [0.15, 0.2) is 0 Å². The van der Waals surface area contributed by atoms with Crippen molar-refractivity contribution in [2.75, 3.05) is 39.4 Å². The maximum Gasteiger partial charge on any atom is 0.228 e. The molecule has 0 radical (unpaired) electrons. The smallest absolute Gasteiger partial charge is 0.228 e. The molecule has 104 valence electrons. The van der Waals surface area contributed by atoms with Crippen LogP contribution in [-0.2, 0) is 9.53 Å². The standard InChI is InChI=1S/C14H26N2O2/c1-2-16(10-12-5-7-15-8-6-12)14(17)13-4-3-9-18-11-13/h12-13,15H,2-11H2,1H3. The average Bonchev–Trinajstić information content (AvgIpc) is 2.46. The van der Waals surface area contributed by atoms with Crippen molar-refractivity contribution in [3.63, 3.8) is 0 Å². The Hall–Kier alpha value is -0.610. The predicted octanol–water partition coefficient (Wildman–Crippen LogP) is 1.26. The second-order valence-corrected chi connectivity index (χ2v) is 5.48. The van der Waals surface area contributed by atoms with Crippen molar-refractivity contribution in [3.05, 3.63) is 0 Å². The molecule has 2 aliphatic rings. The molecule has 18 heavy (non-hydrogen) atoms. The average molecular weight is 254 g/mol. The predicted molar refractivity (Wildman–Crippen MR) is 71.4 cm³/mol. The minimum absolute atomic E-state index is 0.111. The van der Waals surface area contributed by atoms with Gasteiger partial charge in [-0.15, -0.1) is 0 Å². The number of nitrogens with one attached hydrogen (secondary N) is 1. The van der Waals surface area contributed by atoms with Crippen LogP contribution in [-0.4, -0.2) is 50.2 Å². The van der Waals surface area contributed by atoms with E-state index >= 15 is 0 Å². The number of rotatable bonds is 4. The maximum absolute atomic E-state index is 12.4. The molecule has 2 saturated heterocycles. The van der Waals surface area contributed by atoms with Crippen LogP contribution >= 0.6 is 0 Å². The summed E-state index contributed by atoms with van der Waals surface area (Å²) in [5.74, 6) is 1.11. The molecule has 2 heterocycles. The molecule has 0 saturated carbocycles. The van der Waals surface area contributed by atoms with Crippen molar-refractivity contribution < 1.29 is 9.53 Å². The summed E-state index contributed by atoms with van der Waals surface area (Å²) in [5, 5.41) is 3.38. The van der Waals surface area contributed by atoms with Gasteiger partial charge in [-0.1, -0.05) is 0 Å². The van der Waals surface area contributed by atoms with Crippen molar-refractivity contribution in [2.24, 2.45) is 11.8 Å². The van der Waals surface area contributed by atoms with E-state index in [1.165, 1.54) is 12.8 Å². The largest absolute Gasteiger partial charge is 0.381 e. The van der Waals surface area contributed by atoms with Crippen LogP contribution in [0.2, 0.25) is 0 Å². The van der Waals surface area contributed by atoms with Gasteiger partial charge in [-0.2, -0.15) is 0 Å². The number of hydrogen-bond acceptors (Lipinski definition) is 3. The molecular formula is C14H26N2O2. The summed E-state index contributed by atoms with van der Waals surface area (Å²) in [6.07, 6.45) is 4.43. The van der Waals surface area contributed by atoms with E-state index in [1.54, 1.807) is 0 Å². The number of carbonyl (C=O) groups is 1. The molecule has 0 aliphatic carbocycles. The Labute approximate surface area is 110 Å². The molecular weight excluding hydrogens is 228 g/mol. The topological polar surface area (TPSA) is 41.6 Å². The summed E-state index contributed by atoms with van der Waals surface area (Å²) in [7, 11) is 0. The van der Waals surface area contributed by atoms with Crippen molar-refractivity contribution in [2.45, 2.75) is 32.6 Å². The Balaban J connectivity index is 1.84. The summed E-state index contributed by atoms with van der Waals surface area (Å²) in [6.45, 7) is 7.51. The summed E-state index contributed by atoms with van der Waals surface area (Å²) in [4.78, 5) is 14.5. The molecule has 0 aromatic rings. The van der Waals surface area contributed by atoms with E-state index in [2.05, 4.69) is 17.1 Å². The number of ether oxygens (including phenoxy) is 1. The fourth-order valence-corrected chi connectivity index (χ4v) is 2.94. The van der Waals surface area contributed by atoms with E-state index in [4.69, 9.17) is 4.74 Å². The number of hydrogen-bond donors (Lipinski definition) is 1. The second kappa shape index (κ2) is 7.10. The van der Waals surface area contributed by atoms with E-state index in [-0.39, 0.29) is 5.92 Å². The minimum atomic E-state index is 0.111. The van der Waals surface area contributed by atoms with Crippen LogP contribution in [0.5, 0.6) is 0 Å². The lowest BCUT2D eigenvalue weighted by atomic mass is 9.95. The van der Waals surface area contributed by atoms with Crippen molar-refractivity contribution in [1.82, 2.24) is 10.2 Å². The Kier molecular flexibility index (Phi) is 5.45. The van der Waals surface area contributed by atoms with Crippen LogP contribution in [0.3, 0.4) is 0 Å². The van der Waals surface area contributed by atoms with Gasteiger partial charge in [0, 0.05) is 19.7 Å². The summed E-state index contributed by atoms with van der Waals surface area (Å²) in [6, 6.07) is 0. The van der Waals surface area contributed by atoms with Gasteiger partial charge in [-0.25, -0.2) is 0 Å². The van der Waals surface area contributed by atoms with E-state index in [1.807, 2.05) is 0 Å². The van der Waals surface area contributed by atoms with Gasteiger partial charge >= 0.3 is 0 Å². The summed E-state index contributed by atoms with van der Waals surface area (Å²) >= 11 is 0. The Morgan fingerprint density at radius 3 is 2.72 bits per heavy atom. The first-order chi connectivity index (χ1) is 8.81. The maximum atomic E-state index is 12.4. The number of nitrogens with zero attached hydrogens (tertiary/aromatic N) is 1. The van der Waals surface area contributed by atoms with Crippen molar-refractivity contribution in [3.8, 4) is 0 Å². The highest BCUT2D eigenvalue weighted by Crippen LogP contribution is 2.19. The van der Waals surface area contributed by atoms with Gasteiger partial charge in [-0.3, -0.25) is 4.79 Å². The summed E-state index contributed by atoms with van der Waals surface area (Å²) in [5.41, 5.74) is 0. The minimum Gasteiger partial charge on any atom is -0.381 e. The highest BCUT2D eigenvalue weighted by atomic mass is 16.5. The highest BCUT2D eigenvalue weighted by molar-refractivity contribution is 5.79. The Bertz CT molecular complexity index is 259. The third kappa shape index (κ3) is 3.69. The lowest BCUT2D eigenvalue weighted by Crippen LogP contribution is -2.43. The number of carbonyl (C=O) groups excluding carboxylic acids is 1. The quantitative estimate of drug-likeness (QED) is 0.821. The van der Waals surface area contributed by atoms with Gasteiger partial charge in [0.25, 0.3) is 0 Å². The fourth-order valence-electron chi connectivity index (χ4n) is 2.94. The monoisotopic (exact) mass is 254 g/mol. The van der Waals surface area contributed by atoms with Gasteiger partial charge in [-0.05, 0) is 51.6 Å². The summed E-state index contributed by atoms with van der Waals surface area (Å²) < 4.78 is 5.43.